The minimum absolute atomic E-state index is 0.0414. The molecule has 0 aliphatic carbocycles. The highest BCUT2D eigenvalue weighted by Crippen LogP contribution is 2.46. The minimum Gasteiger partial charge on any atom is -0.507 e. The quantitative estimate of drug-likeness (QED) is 0.273. The molecule has 3 aromatic rings. The second kappa shape index (κ2) is 8.99. The van der Waals surface area contributed by atoms with E-state index in [1.165, 1.54) is 0 Å². The van der Waals surface area contributed by atoms with E-state index < -0.39 is 0 Å². The number of phenolic OH excluding ortho intramolecular Hbond substituents is 1. The molecule has 0 radical (unpaired) electrons. The molecule has 3 aromatic carbocycles. The van der Waals surface area contributed by atoms with Gasteiger partial charge in [-0.3, -0.25) is 0 Å². The molecule has 0 bridgehead atoms. The number of rotatable bonds is 7. The minimum atomic E-state index is -0.221. The van der Waals surface area contributed by atoms with Crippen molar-refractivity contribution < 1.29 is 14.6 Å². The van der Waals surface area contributed by atoms with Gasteiger partial charge in [0.05, 0.1) is 12.3 Å². The van der Waals surface area contributed by atoms with Gasteiger partial charge in [0.15, 0.2) is 5.96 Å². The summed E-state index contributed by atoms with van der Waals surface area (Å²) in [6.45, 7) is 4.81. The monoisotopic (exact) mass is 433 g/mol. The lowest BCUT2D eigenvalue weighted by atomic mass is 9.85. The summed E-state index contributed by atoms with van der Waals surface area (Å²) < 4.78 is 12.4. The Bertz CT molecular complexity index is 1140. The number of aromatic hydroxyl groups is 1. The van der Waals surface area contributed by atoms with Crippen LogP contribution in [0, 0.1) is 6.92 Å². The van der Waals surface area contributed by atoms with Crippen LogP contribution in [-0.4, -0.2) is 23.3 Å². The first-order chi connectivity index (χ1) is 15.4. The van der Waals surface area contributed by atoms with Crippen LogP contribution in [0.25, 0.3) is 10.8 Å². The zero-order valence-electron chi connectivity index (χ0n) is 18.7. The standard InChI is InChI=1S/C26H31N3O3/c1-17-20-13-15-26(2,32-24(20)22-8-4-3-7-21(22)23(17)30)14-5-6-16-31-19-11-9-18(10-12-19)29-25(27)28/h3-4,7-12,30H,5-6,13-16H2,1-2H3,(H4,27,28,29). The van der Waals surface area contributed by atoms with Crippen LogP contribution in [0.3, 0.4) is 0 Å². The maximum absolute atomic E-state index is 10.6. The molecule has 5 N–H and O–H groups in total. The van der Waals surface area contributed by atoms with Crippen molar-refractivity contribution in [2.24, 2.45) is 16.5 Å². The summed E-state index contributed by atoms with van der Waals surface area (Å²) >= 11 is 0. The second-order valence-corrected chi connectivity index (χ2v) is 8.71. The van der Waals surface area contributed by atoms with Gasteiger partial charge in [-0.05, 0) is 75.8 Å². The SMILES string of the molecule is Cc1c2c(c3ccccc3c1O)OC(C)(CCCCOc1ccc(N=C(N)N)cc1)CC2. The summed E-state index contributed by atoms with van der Waals surface area (Å²) in [5.74, 6) is 2.15. The number of nitrogens with two attached hydrogens (primary N) is 2. The van der Waals surface area contributed by atoms with E-state index in [2.05, 4.69) is 11.9 Å². The fourth-order valence-electron chi connectivity index (χ4n) is 4.40. The van der Waals surface area contributed by atoms with Crippen molar-refractivity contribution in [3.8, 4) is 17.2 Å². The molecule has 0 fully saturated rings. The van der Waals surface area contributed by atoms with E-state index in [1.807, 2.05) is 55.5 Å². The molecule has 1 heterocycles. The molecule has 0 saturated heterocycles. The number of phenols is 1. The first-order valence-corrected chi connectivity index (χ1v) is 11.1. The largest absolute Gasteiger partial charge is 0.507 e. The van der Waals surface area contributed by atoms with E-state index in [9.17, 15) is 5.11 Å². The number of guanidine groups is 1. The Morgan fingerprint density at radius 2 is 1.81 bits per heavy atom. The normalized spacial score (nSPS) is 17.4. The first kappa shape index (κ1) is 21.8. The summed E-state index contributed by atoms with van der Waals surface area (Å²) in [5, 5.41) is 12.4. The Balaban J connectivity index is 1.34. The highest BCUT2D eigenvalue weighted by atomic mass is 16.5. The average Bonchev–Trinajstić information content (AvgIpc) is 2.78. The number of hydrogen-bond acceptors (Lipinski definition) is 4. The van der Waals surface area contributed by atoms with Gasteiger partial charge in [0.2, 0.25) is 0 Å². The second-order valence-electron chi connectivity index (χ2n) is 8.71. The van der Waals surface area contributed by atoms with E-state index in [0.29, 0.717) is 18.0 Å². The van der Waals surface area contributed by atoms with Gasteiger partial charge < -0.3 is 26.0 Å². The summed E-state index contributed by atoms with van der Waals surface area (Å²) in [6.07, 6.45) is 4.75. The van der Waals surface area contributed by atoms with Crippen LogP contribution >= 0.6 is 0 Å². The van der Waals surface area contributed by atoms with Gasteiger partial charge >= 0.3 is 0 Å². The predicted molar refractivity (Wildman–Crippen MR) is 129 cm³/mol. The summed E-state index contributed by atoms with van der Waals surface area (Å²) in [7, 11) is 0. The topological polar surface area (TPSA) is 103 Å². The third-order valence-corrected chi connectivity index (χ3v) is 6.22. The van der Waals surface area contributed by atoms with E-state index >= 15 is 0 Å². The molecule has 0 aromatic heterocycles. The zero-order chi connectivity index (χ0) is 22.7. The number of unbranched alkanes of at least 4 members (excludes halogenated alkanes) is 1. The molecule has 0 saturated carbocycles. The Labute approximate surface area is 188 Å². The highest BCUT2D eigenvalue weighted by Gasteiger charge is 2.33. The lowest BCUT2D eigenvalue weighted by molar-refractivity contribution is 0.0542. The van der Waals surface area contributed by atoms with Gasteiger partial charge in [-0.25, -0.2) is 4.99 Å². The maximum Gasteiger partial charge on any atom is 0.191 e. The number of ether oxygens (including phenoxy) is 2. The van der Waals surface area contributed by atoms with Crippen LogP contribution in [0.2, 0.25) is 0 Å². The number of fused-ring (bicyclic) bond motifs is 3. The molecule has 6 nitrogen and oxygen atoms in total. The third-order valence-electron chi connectivity index (χ3n) is 6.22. The van der Waals surface area contributed by atoms with Crippen LogP contribution in [0.1, 0.15) is 43.7 Å². The fraction of sp³-hybridized carbons (Fsp3) is 0.346. The number of benzene rings is 3. The van der Waals surface area contributed by atoms with Crippen LogP contribution in [-0.2, 0) is 6.42 Å². The van der Waals surface area contributed by atoms with E-state index in [0.717, 1.165) is 65.5 Å². The summed E-state index contributed by atoms with van der Waals surface area (Å²) in [4.78, 5) is 4.00. The van der Waals surface area contributed by atoms with Crippen LogP contribution in [0.4, 0.5) is 5.69 Å². The lowest BCUT2D eigenvalue weighted by Crippen LogP contribution is -2.36. The third kappa shape index (κ3) is 4.59. The molecule has 168 valence electrons. The maximum atomic E-state index is 10.6. The van der Waals surface area contributed by atoms with Gasteiger partial charge in [-0.2, -0.15) is 0 Å². The number of nitrogens with zero attached hydrogens (tertiary/aromatic N) is 1. The van der Waals surface area contributed by atoms with Gasteiger partial charge in [0.1, 0.15) is 22.8 Å². The highest BCUT2D eigenvalue weighted by molar-refractivity contribution is 5.96. The molecule has 6 heteroatoms. The van der Waals surface area contributed by atoms with Crippen molar-refractivity contribution in [1.29, 1.82) is 0 Å². The van der Waals surface area contributed by atoms with Crippen molar-refractivity contribution in [3.05, 3.63) is 59.7 Å². The average molecular weight is 434 g/mol. The van der Waals surface area contributed by atoms with Crippen molar-refractivity contribution in [1.82, 2.24) is 0 Å². The van der Waals surface area contributed by atoms with Crippen LogP contribution < -0.4 is 20.9 Å². The first-order valence-electron chi connectivity index (χ1n) is 11.1. The van der Waals surface area contributed by atoms with Gasteiger partial charge in [-0.15, -0.1) is 0 Å². The molecular formula is C26H31N3O3. The van der Waals surface area contributed by atoms with Gasteiger partial charge in [0.25, 0.3) is 0 Å². The van der Waals surface area contributed by atoms with Crippen molar-refractivity contribution >= 4 is 22.4 Å². The van der Waals surface area contributed by atoms with Crippen molar-refractivity contribution in [2.75, 3.05) is 6.61 Å². The Morgan fingerprint density at radius 1 is 1.09 bits per heavy atom. The predicted octanol–water partition coefficient (Wildman–Crippen LogP) is 5.09. The molecule has 0 spiro atoms. The molecule has 1 aliphatic heterocycles. The van der Waals surface area contributed by atoms with Crippen molar-refractivity contribution in [2.45, 2.75) is 51.6 Å². The molecule has 4 rings (SSSR count). The molecular weight excluding hydrogens is 402 g/mol. The summed E-state index contributed by atoms with van der Waals surface area (Å²) in [6, 6.07) is 15.3. The van der Waals surface area contributed by atoms with E-state index in [-0.39, 0.29) is 11.6 Å². The van der Waals surface area contributed by atoms with Crippen molar-refractivity contribution in [3.63, 3.8) is 0 Å². The smallest absolute Gasteiger partial charge is 0.191 e. The van der Waals surface area contributed by atoms with E-state index in [4.69, 9.17) is 20.9 Å². The molecule has 1 aliphatic rings. The van der Waals surface area contributed by atoms with Crippen LogP contribution in [0.5, 0.6) is 17.2 Å². The van der Waals surface area contributed by atoms with Gasteiger partial charge in [-0.1, -0.05) is 24.3 Å². The molecule has 1 atom stereocenters. The molecule has 0 amide bonds. The Kier molecular flexibility index (Phi) is 6.12. The number of hydrogen-bond donors (Lipinski definition) is 3. The molecule has 32 heavy (non-hydrogen) atoms. The lowest BCUT2D eigenvalue weighted by Gasteiger charge is -2.37. The van der Waals surface area contributed by atoms with E-state index in [1.54, 1.807) is 0 Å². The summed E-state index contributed by atoms with van der Waals surface area (Å²) in [5.41, 5.74) is 13.3. The van der Waals surface area contributed by atoms with Gasteiger partial charge in [0, 0.05) is 16.3 Å². The zero-order valence-corrected chi connectivity index (χ0v) is 18.7. The fourth-order valence-corrected chi connectivity index (χ4v) is 4.40. The number of aliphatic imine (C=N–C) groups is 1. The van der Waals surface area contributed by atoms with Crippen LogP contribution in [0.15, 0.2) is 53.5 Å². The Morgan fingerprint density at radius 3 is 2.53 bits per heavy atom. The Hall–Kier alpha value is -3.41. The molecule has 1 unspecified atom stereocenters.